The molecule has 1 nitrogen and oxygen atoms in total. The Balaban J connectivity index is 1.93. The van der Waals surface area contributed by atoms with Gasteiger partial charge in [0.25, 0.3) is 0 Å². The number of aryl methyl sites for hydroxylation is 1. The van der Waals surface area contributed by atoms with E-state index >= 15 is 0 Å². The summed E-state index contributed by atoms with van der Waals surface area (Å²) in [4.78, 5) is 0. The molecule has 1 aliphatic carbocycles. The van der Waals surface area contributed by atoms with Gasteiger partial charge in [0, 0.05) is 12.6 Å². The fraction of sp³-hybridized carbons (Fsp3) is 0.625. The van der Waals surface area contributed by atoms with Crippen LogP contribution in [0, 0.1) is 18.3 Å². The van der Waals surface area contributed by atoms with Crippen LogP contribution in [-0.4, -0.2) is 6.04 Å². The minimum absolute atomic E-state index is 0.517. The maximum absolute atomic E-state index is 3.74. The van der Waals surface area contributed by atoms with Gasteiger partial charge in [0.15, 0.2) is 0 Å². The number of hydrogen-bond donors (Lipinski definition) is 1. The first-order valence-corrected chi connectivity index (χ1v) is 6.76. The predicted molar refractivity (Wildman–Crippen MR) is 74.0 cm³/mol. The van der Waals surface area contributed by atoms with Crippen LogP contribution in [0.4, 0.5) is 0 Å². The van der Waals surface area contributed by atoms with E-state index in [0.717, 1.165) is 12.5 Å². The van der Waals surface area contributed by atoms with Crippen molar-refractivity contribution in [3.05, 3.63) is 35.4 Å². The second-order valence-corrected chi connectivity index (χ2v) is 6.46. The van der Waals surface area contributed by atoms with Crippen molar-refractivity contribution in [3.8, 4) is 0 Å². The average molecular weight is 231 g/mol. The van der Waals surface area contributed by atoms with E-state index in [2.05, 4.69) is 57.3 Å². The Kier molecular flexibility index (Phi) is 3.58. The van der Waals surface area contributed by atoms with Crippen molar-refractivity contribution in [3.63, 3.8) is 0 Å². The van der Waals surface area contributed by atoms with E-state index in [-0.39, 0.29) is 0 Å². The molecule has 0 amide bonds. The Labute approximate surface area is 106 Å². The SMILES string of the molecule is Cc1ccccc1CNC1CC(C)(C)CC1C. The summed E-state index contributed by atoms with van der Waals surface area (Å²) in [6, 6.07) is 9.35. The molecule has 0 aliphatic heterocycles. The third-order valence-electron chi connectivity index (χ3n) is 4.15. The van der Waals surface area contributed by atoms with E-state index in [1.54, 1.807) is 0 Å². The smallest absolute Gasteiger partial charge is 0.0210 e. The molecule has 0 aromatic heterocycles. The average Bonchev–Trinajstić information content (AvgIpc) is 2.51. The van der Waals surface area contributed by atoms with E-state index in [1.165, 1.54) is 24.0 Å². The predicted octanol–water partition coefficient (Wildman–Crippen LogP) is 3.91. The summed E-state index contributed by atoms with van der Waals surface area (Å²) in [5, 5.41) is 3.74. The van der Waals surface area contributed by atoms with E-state index < -0.39 is 0 Å². The Morgan fingerprint density at radius 2 is 1.94 bits per heavy atom. The molecule has 1 N–H and O–H groups in total. The molecule has 0 radical (unpaired) electrons. The van der Waals surface area contributed by atoms with E-state index in [4.69, 9.17) is 0 Å². The first-order chi connectivity index (χ1) is 7.98. The van der Waals surface area contributed by atoms with Gasteiger partial charge in [-0.25, -0.2) is 0 Å². The lowest BCUT2D eigenvalue weighted by Gasteiger charge is -2.19. The van der Waals surface area contributed by atoms with Gasteiger partial charge in [0.1, 0.15) is 0 Å². The van der Waals surface area contributed by atoms with Crippen LogP contribution in [-0.2, 0) is 6.54 Å². The molecule has 2 rings (SSSR count). The summed E-state index contributed by atoms with van der Waals surface area (Å²) in [5.74, 6) is 0.800. The van der Waals surface area contributed by atoms with Gasteiger partial charge in [-0.2, -0.15) is 0 Å². The molecule has 0 bridgehead atoms. The summed E-state index contributed by atoms with van der Waals surface area (Å²) < 4.78 is 0. The first kappa shape index (κ1) is 12.6. The zero-order valence-electron chi connectivity index (χ0n) is 11.6. The van der Waals surface area contributed by atoms with Crippen molar-refractivity contribution >= 4 is 0 Å². The number of benzene rings is 1. The van der Waals surface area contributed by atoms with Crippen molar-refractivity contribution in [2.24, 2.45) is 11.3 Å². The third-order valence-corrected chi connectivity index (χ3v) is 4.15. The topological polar surface area (TPSA) is 12.0 Å². The van der Waals surface area contributed by atoms with Gasteiger partial charge in [-0.1, -0.05) is 45.0 Å². The zero-order chi connectivity index (χ0) is 12.5. The molecule has 2 atom stereocenters. The molecule has 1 fully saturated rings. The van der Waals surface area contributed by atoms with Crippen LogP contribution >= 0.6 is 0 Å². The van der Waals surface area contributed by atoms with Crippen LogP contribution in [0.2, 0.25) is 0 Å². The van der Waals surface area contributed by atoms with Gasteiger partial charge in [-0.15, -0.1) is 0 Å². The van der Waals surface area contributed by atoms with Crippen LogP contribution in [0.3, 0.4) is 0 Å². The number of rotatable bonds is 3. The van der Waals surface area contributed by atoms with E-state index in [0.29, 0.717) is 11.5 Å². The first-order valence-electron chi connectivity index (χ1n) is 6.76. The monoisotopic (exact) mass is 231 g/mol. The molecule has 1 saturated carbocycles. The van der Waals surface area contributed by atoms with Crippen LogP contribution in [0.25, 0.3) is 0 Å². The van der Waals surface area contributed by atoms with Gasteiger partial charge >= 0.3 is 0 Å². The highest BCUT2D eigenvalue weighted by Gasteiger charge is 2.36. The van der Waals surface area contributed by atoms with Gasteiger partial charge in [0.05, 0.1) is 0 Å². The maximum atomic E-state index is 3.74. The van der Waals surface area contributed by atoms with Crippen molar-refractivity contribution in [1.82, 2.24) is 5.32 Å². The van der Waals surface area contributed by atoms with Crippen LogP contribution in [0.5, 0.6) is 0 Å². The Morgan fingerprint density at radius 1 is 1.24 bits per heavy atom. The molecule has 2 unspecified atom stereocenters. The van der Waals surface area contributed by atoms with Crippen molar-refractivity contribution in [1.29, 1.82) is 0 Å². The quantitative estimate of drug-likeness (QED) is 0.831. The zero-order valence-corrected chi connectivity index (χ0v) is 11.6. The number of nitrogens with one attached hydrogen (secondary N) is 1. The van der Waals surface area contributed by atoms with Crippen molar-refractivity contribution in [2.45, 2.75) is 53.1 Å². The lowest BCUT2D eigenvalue weighted by Crippen LogP contribution is -2.31. The lowest BCUT2D eigenvalue weighted by atomic mass is 9.91. The van der Waals surface area contributed by atoms with Gasteiger partial charge in [-0.05, 0) is 42.2 Å². The van der Waals surface area contributed by atoms with Crippen molar-refractivity contribution in [2.75, 3.05) is 0 Å². The minimum atomic E-state index is 0.517. The molecule has 1 aromatic rings. The largest absolute Gasteiger partial charge is 0.310 e. The van der Waals surface area contributed by atoms with Crippen LogP contribution in [0.15, 0.2) is 24.3 Å². The second kappa shape index (κ2) is 4.81. The number of hydrogen-bond acceptors (Lipinski definition) is 1. The van der Waals surface area contributed by atoms with Crippen LogP contribution < -0.4 is 5.32 Å². The Morgan fingerprint density at radius 3 is 2.53 bits per heavy atom. The molecule has 17 heavy (non-hydrogen) atoms. The summed E-state index contributed by atoms with van der Waals surface area (Å²) in [6.45, 7) is 10.4. The molecule has 1 aromatic carbocycles. The standard InChI is InChI=1S/C16H25N/c1-12-7-5-6-8-14(12)11-17-15-10-16(3,4)9-13(15)2/h5-8,13,15,17H,9-11H2,1-4H3. The lowest BCUT2D eigenvalue weighted by molar-refractivity contribution is 0.362. The molecular weight excluding hydrogens is 206 g/mol. The van der Waals surface area contributed by atoms with E-state index in [9.17, 15) is 0 Å². The molecule has 1 aliphatic rings. The second-order valence-electron chi connectivity index (χ2n) is 6.46. The fourth-order valence-corrected chi connectivity index (χ4v) is 3.22. The molecule has 94 valence electrons. The molecule has 0 spiro atoms. The summed E-state index contributed by atoms with van der Waals surface area (Å²) in [7, 11) is 0. The van der Waals surface area contributed by atoms with Gasteiger partial charge < -0.3 is 5.32 Å². The van der Waals surface area contributed by atoms with Gasteiger partial charge in [-0.3, -0.25) is 0 Å². The Bertz CT molecular complexity index is 381. The van der Waals surface area contributed by atoms with Gasteiger partial charge in [0.2, 0.25) is 0 Å². The highest BCUT2D eigenvalue weighted by Crippen LogP contribution is 2.40. The summed E-state index contributed by atoms with van der Waals surface area (Å²) >= 11 is 0. The normalized spacial score (nSPS) is 27.3. The van der Waals surface area contributed by atoms with Crippen LogP contribution in [0.1, 0.15) is 44.7 Å². The fourth-order valence-electron chi connectivity index (χ4n) is 3.22. The third kappa shape index (κ3) is 3.10. The summed E-state index contributed by atoms with van der Waals surface area (Å²) in [5.41, 5.74) is 3.34. The Hall–Kier alpha value is -0.820. The molecular formula is C16H25N. The minimum Gasteiger partial charge on any atom is -0.310 e. The van der Waals surface area contributed by atoms with E-state index in [1.807, 2.05) is 0 Å². The highest BCUT2D eigenvalue weighted by atomic mass is 14.9. The molecule has 1 heteroatoms. The highest BCUT2D eigenvalue weighted by molar-refractivity contribution is 5.25. The molecule has 0 saturated heterocycles. The summed E-state index contributed by atoms with van der Waals surface area (Å²) in [6.07, 6.45) is 2.65. The van der Waals surface area contributed by atoms with Crippen molar-refractivity contribution < 1.29 is 0 Å². The maximum Gasteiger partial charge on any atom is 0.0210 e. The molecule has 0 heterocycles.